The van der Waals surface area contributed by atoms with Gasteiger partial charge in [-0.15, -0.1) is 0 Å². The molecule has 0 saturated carbocycles. The molecule has 1 unspecified atom stereocenters. The third-order valence-electron chi connectivity index (χ3n) is 3.48. The van der Waals surface area contributed by atoms with Crippen LogP contribution in [0.15, 0.2) is 43.0 Å². The Morgan fingerprint density at radius 3 is 2.80 bits per heavy atom. The number of hydrogen-bond acceptors (Lipinski definition) is 3. The maximum atomic E-state index is 11.3. The summed E-state index contributed by atoms with van der Waals surface area (Å²) in [6.45, 7) is 7.66. The molecule has 0 radical (unpaired) electrons. The highest BCUT2D eigenvalue weighted by molar-refractivity contribution is 5.93. The molecule has 3 heteroatoms. The second-order valence-corrected chi connectivity index (χ2v) is 4.86. The van der Waals surface area contributed by atoms with E-state index in [1.807, 2.05) is 18.2 Å². The Labute approximate surface area is 118 Å². The van der Waals surface area contributed by atoms with E-state index in [1.54, 1.807) is 6.07 Å². The lowest BCUT2D eigenvalue weighted by Crippen LogP contribution is -2.03. The normalized spacial score (nSPS) is 12.1. The van der Waals surface area contributed by atoms with Gasteiger partial charge in [0.25, 0.3) is 0 Å². The minimum absolute atomic E-state index is 0.0747. The zero-order chi connectivity index (χ0) is 14.7. The minimum Gasteiger partial charge on any atom is -0.508 e. The third-order valence-corrected chi connectivity index (χ3v) is 3.48. The maximum absolute atomic E-state index is 11.3. The van der Waals surface area contributed by atoms with Gasteiger partial charge in [-0.05, 0) is 29.4 Å². The van der Waals surface area contributed by atoms with Crippen molar-refractivity contribution in [1.82, 2.24) is 0 Å². The summed E-state index contributed by atoms with van der Waals surface area (Å²) in [4.78, 5) is 11.3. The van der Waals surface area contributed by atoms with Crippen LogP contribution in [-0.4, -0.2) is 11.1 Å². The molecule has 0 aliphatic heterocycles. The van der Waals surface area contributed by atoms with E-state index in [1.165, 1.54) is 11.6 Å². The van der Waals surface area contributed by atoms with Crippen molar-refractivity contribution in [1.29, 1.82) is 0 Å². The maximum Gasteiger partial charge on any atom is 0.335 e. The molecule has 1 N–H and O–H groups in total. The number of fused-ring (bicyclic) bond motifs is 1. The van der Waals surface area contributed by atoms with Gasteiger partial charge >= 0.3 is 5.97 Å². The van der Waals surface area contributed by atoms with E-state index in [0.29, 0.717) is 11.7 Å². The summed E-state index contributed by atoms with van der Waals surface area (Å²) < 4.78 is 5.17. The monoisotopic (exact) mass is 270 g/mol. The van der Waals surface area contributed by atoms with Crippen molar-refractivity contribution in [2.45, 2.75) is 26.2 Å². The Kier molecular flexibility index (Phi) is 4.08. The van der Waals surface area contributed by atoms with Crippen molar-refractivity contribution >= 4 is 16.7 Å². The van der Waals surface area contributed by atoms with Crippen molar-refractivity contribution in [2.24, 2.45) is 0 Å². The van der Waals surface area contributed by atoms with E-state index < -0.39 is 5.97 Å². The fourth-order valence-electron chi connectivity index (χ4n) is 2.11. The molecule has 104 valence electrons. The molecule has 1 atom stereocenters. The number of ether oxygens (including phenoxy) is 1. The second-order valence-electron chi connectivity index (χ2n) is 4.86. The SMILES string of the molecule is C=CC(=O)Oc1cc(O)cc2cc(C(C)CC)ccc12. The molecule has 0 heterocycles. The second kappa shape index (κ2) is 5.78. The van der Waals surface area contributed by atoms with Crippen LogP contribution in [0.1, 0.15) is 31.7 Å². The Morgan fingerprint density at radius 2 is 2.15 bits per heavy atom. The van der Waals surface area contributed by atoms with E-state index in [2.05, 4.69) is 20.4 Å². The van der Waals surface area contributed by atoms with Crippen molar-refractivity contribution < 1.29 is 14.6 Å². The Morgan fingerprint density at radius 1 is 1.40 bits per heavy atom. The summed E-state index contributed by atoms with van der Waals surface area (Å²) in [5, 5.41) is 11.4. The molecule has 0 amide bonds. The highest BCUT2D eigenvalue weighted by Gasteiger charge is 2.10. The smallest absolute Gasteiger partial charge is 0.335 e. The van der Waals surface area contributed by atoms with Crippen molar-refractivity contribution in [3.63, 3.8) is 0 Å². The van der Waals surface area contributed by atoms with Gasteiger partial charge in [0.05, 0.1) is 0 Å². The zero-order valence-corrected chi connectivity index (χ0v) is 11.7. The number of carbonyl (C=O) groups is 1. The average Bonchev–Trinajstić information content (AvgIpc) is 2.45. The molecule has 2 aromatic carbocycles. The highest BCUT2D eigenvalue weighted by atomic mass is 16.5. The lowest BCUT2D eigenvalue weighted by atomic mass is 9.95. The Balaban J connectivity index is 2.54. The number of phenols is 1. The quantitative estimate of drug-likeness (QED) is 0.515. The van der Waals surface area contributed by atoms with E-state index in [4.69, 9.17) is 4.74 Å². The van der Waals surface area contributed by atoms with E-state index in [9.17, 15) is 9.90 Å². The van der Waals surface area contributed by atoms with Gasteiger partial charge in [-0.3, -0.25) is 0 Å². The molecule has 20 heavy (non-hydrogen) atoms. The number of hydrogen-bond donors (Lipinski definition) is 1. The van der Waals surface area contributed by atoms with Crippen LogP contribution in [0.25, 0.3) is 10.8 Å². The van der Waals surface area contributed by atoms with Gasteiger partial charge in [0.2, 0.25) is 0 Å². The van der Waals surface area contributed by atoms with E-state index in [-0.39, 0.29) is 5.75 Å². The predicted molar refractivity (Wildman–Crippen MR) is 80.2 cm³/mol. The third kappa shape index (κ3) is 2.82. The highest BCUT2D eigenvalue weighted by Crippen LogP contribution is 2.33. The summed E-state index contributed by atoms with van der Waals surface area (Å²) in [5.74, 6) is 0.329. The number of carbonyl (C=O) groups excluding carboxylic acids is 1. The fourth-order valence-corrected chi connectivity index (χ4v) is 2.11. The van der Waals surface area contributed by atoms with E-state index in [0.717, 1.165) is 23.3 Å². The first kappa shape index (κ1) is 14.1. The Bertz CT molecular complexity index is 659. The van der Waals surface area contributed by atoms with Gasteiger partial charge < -0.3 is 9.84 Å². The molecule has 0 fully saturated rings. The van der Waals surface area contributed by atoms with E-state index >= 15 is 0 Å². The molecule has 0 aliphatic carbocycles. The Hall–Kier alpha value is -2.29. The number of esters is 1. The van der Waals surface area contributed by atoms with Crippen LogP contribution in [0, 0.1) is 0 Å². The van der Waals surface area contributed by atoms with Crippen LogP contribution in [0.2, 0.25) is 0 Å². The van der Waals surface area contributed by atoms with Crippen LogP contribution in [0.3, 0.4) is 0 Å². The molecular formula is C17H18O3. The van der Waals surface area contributed by atoms with Gasteiger partial charge in [-0.1, -0.05) is 38.6 Å². The summed E-state index contributed by atoms with van der Waals surface area (Å²) in [7, 11) is 0. The van der Waals surface area contributed by atoms with Gasteiger partial charge in [0.15, 0.2) is 0 Å². The summed E-state index contributed by atoms with van der Waals surface area (Å²) in [6.07, 6.45) is 2.14. The molecule has 2 rings (SSSR count). The predicted octanol–water partition coefficient (Wildman–Crippen LogP) is 4.15. The zero-order valence-electron chi connectivity index (χ0n) is 11.7. The first-order valence-electron chi connectivity index (χ1n) is 6.66. The fraction of sp³-hybridized carbons (Fsp3) is 0.235. The first-order chi connectivity index (χ1) is 9.55. The van der Waals surface area contributed by atoms with Crippen LogP contribution < -0.4 is 4.74 Å². The molecule has 0 bridgehead atoms. The van der Waals surface area contributed by atoms with Crippen LogP contribution in [0.4, 0.5) is 0 Å². The molecule has 0 spiro atoms. The van der Waals surface area contributed by atoms with Crippen molar-refractivity contribution in [3.8, 4) is 11.5 Å². The van der Waals surface area contributed by atoms with Gasteiger partial charge in [-0.25, -0.2) is 4.79 Å². The van der Waals surface area contributed by atoms with Crippen molar-refractivity contribution in [2.75, 3.05) is 0 Å². The van der Waals surface area contributed by atoms with Crippen LogP contribution in [-0.2, 0) is 4.79 Å². The molecular weight excluding hydrogens is 252 g/mol. The number of aromatic hydroxyl groups is 1. The van der Waals surface area contributed by atoms with Crippen LogP contribution >= 0.6 is 0 Å². The lowest BCUT2D eigenvalue weighted by Gasteiger charge is -2.12. The lowest BCUT2D eigenvalue weighted by molar-refractivity contribution is -0.128. The molecule has 2 aromatic rings. The van der Waals surface area contributed by atoms with Gasteiger partial charge in [-0.2, -0.15) is 0 Å². The van der Waals surface area contributed by atoms with Gasteiger partial charge in [0, 0.05) is 17.5 Å². The summed E-state index contributed by atoms with van der Waals surface area (Å²) in [6, 6.07) is 9.08. The number of phenolic OH excluding ortho intramolecular Hbond substituents is 1. The standard InChI is InChI=1S/C17H18O3/c1-4-11(3)12-6-7-15-13(8-12)9-14(18)10-16(15)20-17(19)5-2/h5-11,18H,2,4H2,1,3H3. The number of rotatable bonds is 4. The molecule has 3 nitrogen and oxygen atoms in total. The molecule has 0 saturated heterocycles. The number of benzene rings is 2. The largest absolute Gasteiger partial charge is 0.508 e. The molecule has 0 aromatic heterocycles. The van der Waals surface area contributed by atoms with Gasteiger partial charge in [0.1, 0.15) is 11.5 Å². The topological polar surface area (TPSA) is 46.5 Å². The van der Waals surface area contributed by atoms with Crippen LogP contribution in [0.5, 0.6) is 11.5 Å². The summed E-state index contributed by atoms with van der Waals surface area (Å²) >= 11 is 0. The average molecular weight is 270 g/mol. The summed E-state index contributed by atoms with van der Waals surface area (Å²) in [5.41, 5.74) is 1.20. The molecule has 0 aliphatic rings. The van der Waals surface area contributed by atoms with Crippen molar-refractivity contribution in [3.05, 3.63) is 48.6 Å². The minimum atomic E-state index is -0.539. The first-order valence-corrected chi connectivity index (χ1v) is 6.66.